The van der Waals surface area contributed by atoms with Crippen molar-refractivity contribution in [1.82, 2.24) is 4.57 Å². The Morgan fingerprint density at radius 1 is 1.12 bits per heavy atom. The Kier molecular flexibility index (Phi) is 10.3. The van der Waals surface area contributed by atoms with E-state index >= 15 is 0 Å². The van der Waals surface area contributed by atoms with E-state index in [4.69, 9.17) is 36.3 Å². The maximum atomic E-state index is 14.4. The maximum Gasteiger partial charge on any atom is 0.272 e. The van der Waals surface area contributed by atoms with Crippen molar-refractivity contribution < 1.29 is 41.7 Å². The molecule has 42 heavy (non-hydrogen) atoms. The van der Waals surface area contributed by atoms with Crippen LogP contribution in [0.4, 0.5) is 13.2 Å². The van der Waals surface area contributed by atoms with Gasteiger partial charge in [-0.05, 0) is 35.9 Å². The molecular formula is C29H28ClF3N2O7. The normalized spacial score (nSPS) is 15.8. The summed E-state index contributed by atoms with van der Waals surface area (Å²) in [6.45, 7) is 0.00938. The molecule has 2 unspecified atom stereocenters. The number of primary amides is 1. The van der Waals surface area contributed by atoms with E-state index in [2.05, 4.69) is 0 Å². The third-order valence-electron chi connectivity index (χ3n) is 6.62. The number of nitrogens with zero attached hydrogens (tertiary/aromatic N) is 1. The van der Waals surface area contributed by atoms with Gasteiger partial charge in [0.1, 0.15) is 23.9 Å². The zero-order chi connectivity index (χ0) is 30.4. The molecule has 0 bridgehead atoms. The number of hydrogen-bond acceptors (Lipinski definition) is 7. The Morgan fingerprint density at radius 3 is 2.52 bits per heavy atom. The van der Waals surface area contributed by atoms with Crippen LogP contribution in [0.1, 0.15) is 28.4 Å². The summed E-state index contributed by atoms with van der Waals surface area (Å²) in [5, 5.41) is 0.262. The van der Waals surface area contributed by atoms with Crippen molar-refractivity contribution in [2.24, 2.45) is 5.73 Å². The van der Waals surface area contributed by atoms with E-state index < -0.39 is 48.2 Å². The van der Waals surface area contributed by atoms with E-state index in [1.165, 1.54) is 54.3 Å². The van der Waals surface area contributed by atoms with Crippen LogP contribution in [0.15, 0.2) is 53.5 Å². The second-order valence-electron chi connectivity index (χ2n) is 9.48. The molecule has 3 aromatic rings. The van der Waals surface area contributed by atoms with Crippen molar-refractivity contribution in [2.45, 2.75) is 31.4 Å². The van der Waals surface area contributed by atoms with E-state index in [0.717, 1.165) is 6.07 Å². The van der Waals surface area contributed by atoms with E-state index in [1.54, 1.807) is 0 Å². The van der Waals surface area contributed by atoms with Gasteiger partial charge >= 0.3 is 0 Å². The van der Waals surface area contributed by atoms with Crippen LogP contribution in [0.25, 0.3) is 11.1 Å². The fourth-order valence-electron chi connectivity index (χ4n) is 4.65. The van der Waals surface area contributed by atoms with Crippen LogP contribution in [-0.2, 0) is 20.7 Å². The average Bonchev–Trinajstić information content (AvgIpc) is 2.95. The molecule has 0 radical (unpaired) electrons. The van der Waals surface area contributed by atoms with Crippen LogP contribution in [0.2, 0.25) is 5.02 Å². The molecule has 9 nitrogen and oxygen atoms in total. The van der Waals surface area contributed by atoms with Gasteiger partial charge in [0, 0.05) is 35.1 Å². The number of ketones is 1. The molecule has 1 aromatic heterocycles. The van der Waals surface area contributed by atoms with Gasteiger partial charge in [-0.25, -0.2) is 13.2 Å². The minimum absolute atomic E-state index is 0.0527. The summed E-state index contributed by atoms with van der Waals surface area (Å²) in [6.07, 6.45) is -2.13. The van der Waals surface area contributed by atoms with Crippen molar-refractivity contribution in [1.29, 1.82) is 0 Å². The van der Waals surface area contributed by atoms with Crippen LogP contribution in [0.3, 0.4) is 0 Å². The molecule has 2 N–H and O–H groups in total. The number of hydrogen-bond donors (Lipinski definition) is 1. The fraction of sp³-hybridized carbons (Fsp3) is 0.345. The first-order valence-corrected chi connectivity index (χ1v) is 13.3. The lowest BCUT2D eigenvalue weighted by atomic mass is 9.97. The predicted molar refractivity (Wildman–Crippen MR) is 147 cm³/mol. The summed E-state index contributed by atoms with van der Waals surface area (Å²) in [7, 11) is 1.34. The molecule has 13 heteroatoms. The van der Waals surface area contributed by atoms with E-state index in [1.807, 2.05) is 0 Å². The molecular weight excluding hydrogens is 581 g/mol. The number of Topliss-reactive ketones (excluding diaryl/α,β-unsaturated/α-hetero) is 1. The number of carbonyl (C=O) groups is 2. The fourth-order valence-corrected chi connectivity index (χ4v) is 4.82. The number of benzene rings is 2. The van der Waals surface area contributed by atoms with E-state index in [9.17, 15) is 27.6 Å². The summed E-state index contributed by atoms with van der Waals surface area (Å²) in [5.74, 6) is -2.08. The van der Waals surface area contributed by atoms with Gasteiger partial charge in [-0.1, -0.05) is 17.7 Å². The van der Waals surface area contributed by atoms with Gasteiger partial charge in [0.15, 0.2) is 5.78 Å². The van der Waals surface area contributed by atoms with Crippen LogP contribution in [-0.4, -0.2) is 62.3 Å². The molecule has 0 saturated carbocycles. The Bertz CT molecular complexity index is 1510. The molecule has 1 fully saturated rings. The Hall–Kier alpha value is -3.87. The lowest BCUT2D eigenvalue weighted by Gasteiger charge is -2.28. The second kappa shape index (κ2) is 13.9. The molecule has 1 aliphatic rings. The minimum Gasteiger partial charge on any atom is -0.495 e. The molecule has 4 rings (SSSR count). The third kappa shape index (κ3) is 7.50. The molecule has 2 atom stereocenters. The largest absolute Gasteiger partial charge is 0.495 e. The standard InChI is InChI=1S/C29H28ClF3N2O7/c1-39-26-13-35(28(37)12-21(26)20-10-17(30)3-5-25(20)42-15-27(32)33)23(11-18-14-40-6-7-41-18)24(36)9-16-2-4-19(29(34)38)22(31)8-16/h2-5,8,10,12-13,18,23,27H,6-7,9,11,14-15H2,1H3,(H2,34,38). The maximum absolute atomic E-state index is 14.4. The molecule has 2 heterocycles. The first-order chi connectivity index (χ1) is 20.1. The SMILES string of the molecule is COc1cn(C(CC2COCCO2)C(=O)Cc2ccc(C(N)=O)c(F)c2)c(=O)cc1-c1cc(Cl)ccc1OCC(F)F. The highest BCUT2D eigenvalue weighted by Crippen LogP contribution is 2.38. The highest BCUT2D eigenvalue weighted by Gasteiger charge is 2.29. The average molecular weight is 609 g/mol. The highest BCUT2D eigenvalue weighted by molar-refractivity contribution is 6.31. The number of halogens is 4. The Balaban J connectivity index is 1.74. The molecule has 1 amide bonds. The van der Waals surface area contributed by atoms with Crippen molar-refractivity contribution in [3.05, 3.63) is 81.0 Å². The van der Waals surface area contributed by atoms with Crippen molar-refractivity contribution in [3.63, 3.8) is 0 Å². The molecule has 1 aliphatic heterocycles. The number of pyridine rings is 1. The Morgan fingerprint density at radius 2 is 1.88 bits per heavy atom. The van der Waals surface area contributed by atoms with Crippen molar-refractivity contribution in [2.75, 3.05) is 33.5 Å². The summed E-state index contributed by atoms with van der Waals surface area (Å²) in [4.78, 5) is 38.6. The van der Waals surface area contributed by atoms with Crippen LogP contribution >= 0.6 is 11.6 Å². The quantitative estimate of drug-likeness (QED) is 0.327. The van der Waals surface area contributed by atoms with Gasteiger partial charge < -0.3 is 29.2 Å². The predicted octanol–water partition coefficient (Wildman–Crippen LogP) is 4.22. The van der Waals surface area contributed by atoms with Crippen LogP contribution < -0.4 is 20.8 Å². The number of rotatable bonds is 12. The first-order valence-electron chi connectivity index (χ1n) is 12.9. The lowest BCUT2D eigenvalue weighted by Crippen LogP contribution is -2.37. The van der Waals surface area contributed by atoms with Crippen LogP contribution in [0.5, 0.6) is 11.5 Å². The third-order valence-corrected chi connectivity index (χ3v) is 6.85. The van der Waals surface area contributed by atoms with Gasteiger partial charge in [-0.15, -0.1) is 0 Å². The molecule has 2 aromatic carbocycles. The summed E-state index contributed by atoms with van der Waals surface area (Å²) >= 11 is 6.16. The summed E-state index contributed by atoms with van der Waals surface area (Å²) in [6, 6.07) is 8.06. The molecule has 0 spiro atoms. The number of ether oxygens (including phenoxy) is 4. The number of alkyl halides is 2. The monoisotopic (exact) mass is 608 g/mol. The Labute approximate surface area is 243 Å². The number of nitrogens with two attached hydrogens (primary N) is 1. The molecule has 224 valence electrons. The number of aromatic nitrogens is 1. The number of carbonyl (C=O) groups excluding carboxylic acids is 2. The zero-order valence-electron chi connectivity index (χ0n) is 22.5. The number of amides is 1. The lowest BCUT2D eigenvalue weighted by molar-refractivity contribution is -0.126. The zero-order valence-corrected chi connectivity index (χ0v) is 23.2. The smallest absolute Gasteiger partial charge is 0.272 e. The first kappa shape index (κ1) is 31.1. The van der Waals surface area contributed by atoms with Gasteiger partial charge in [0.2, 0.25) is 0 Å². The van der Waals surface area contributed by atoms with Crippen LogP contribution in [0, 0.1) is 5.82 Å². The number of methoxy groups -OCH3 is 1. The minimum atomic E-state index is -2.73. The van der Waals surface area contributed by atoms with E-state index in [0.29, 0.717) is 13.2 Å². The summed E-state index contributed by atoms with van der Waals surface area (Å²) < 4.78 is 63.3. The van der Waals surface area contributed by atoms with Gasteiger partial charge in [-0.3, -0.25) is 14.4 Å². The molecule has 0 aliphatic carbocycles. The summed E-state index contributed by atoms with van der Waals surface area (Å²) in [5.41, 5.74) is 4.95. The van der Waals surface area contributed by atoms with Crippen molar-refractivity contribution in [3.8, 4) is 22.6 Å². The van der Waals surface area contributed by atoms with E-state index in [-0.39, 0.29) is 58.2 Å². The molecule has 1 saturated heterocycles. The topological polar surface area (TPSA) is 119 Å². The van der Waals surface area contributed by atoms with Gasteiger partial charge in [0.05, 0.1) is 50.8 Å². The van der Waals surface area contributed by atoms with Gasteiger partial charge in [-0.2, -0.15) is 0 Å². The van der Waals surface area contributed by atoms with Crippen molar-refractivity contribution >= 4 is 23.3 Å². The second-order valence-corrected chi connectivity index (χ2v) is 9.92. The highest BCUT2D eigenvalue weighted by atomic mass is 35.5. The van der Waals surface area contributed by atoms with Gasteiger partial charge in [0.25, 0.3) is 17.9 Å².